The van der Waals surface area contributed by atoms with E-state index in [-0.39, 0.29) is 36.1 Å². The minimum Gasteiger partial charge on any atom is -0.372 e. The SMILES string of the molecule is CC1CN(C(=O)C(=O)N2C(C)CCCC2C)CC(C)O1. The Morgan fingerprint density at radius 2 is 1.40 bits per heavy atom. The number of carbonyl (C=O) groups is 2. The number of ether oxygens (including phenoxy) is 1. The monoisotopic (exact) mass is 282 g/mol. The predicted molar refractivity (Wildman–Crippen MR) is 76.2 cm³/mol. The number of piperidine rings is 1. The van der Waals surface area contributed by atoms with Crippen molar-refractivity contribution in [2.24, 2.45) is 0 Å². The number of morpholine rings is 1. The van der Waals surface area contributed by atoms with E-state index in [9.17, 15) is 9.59 Å². The summed E-state index contributed by atoms with van der Waals surface area (Å²) < 4.78 is 5.62. The molecule has 4 atom stereocenters. The molecule has 2 heterocycles. The lowest BCUT2D eigenvalue weighted by atomic mass is 9.97. The molecule has 2 rings (SSSR count). The van der Waals surface area contributed by atoms with Gasteiger partial charge in [-0.2, -0.15) is 0 Å². The molecule has 0 aromatic heterocycles. The van der Waals surface area contributed by atoms with Gasteiger partial charge in [0.1, 0.15) is 0 Å². The average molecular weight is 282 g/mol. The van der Waals surface area contributed by atoms with E-state index in [0.717, 1.165) is 19.3 Å². The topological polar surface area (TPSA) is 49.9 Å². The Morgan fingerprint density at radius 1 is 0.900 bits per heavy atom. The van der Waals surface area contributed by atoms with Crippen molar-refractivity contribution in [2.75, 3.05) is 13.1 Å². The van der Waals surface area contributed by atoms with Gasteiger partial charge in [0.15, 0.2) is 0 Å². The summed E-state index contributed by atoms with van der Waals surface area (Å²) in [7, 11) is 0. The van der Waals surface area contributed by atoms with Gasteiger partial charge in [-0.25, -0.2) is 0 Å². The number of carbonyl (C=O) groups excluding carboxylic acids is 2. The van der Waals surface area contributed by atoms with Gasteiger partial charge >= 0.3 is 11.8 Å². The van der Waals surface area contributed by atoms with E-state index >= 15 is 0 Å². The maximum Gasteiger partial charge on any atom is 0.312 e. The van der Waals surface area contributed by atoms with Crippen LogP contribution in [0.4, 0.5) is 0 Å². The average Bonchev–Trinajstić information content (AvgIpc) is 2.36. The molecule has 0 aromatic rings. The quantitative estimate of drug-likeness (QED) is 0.631. The summed E-state index contributed by atoms with van der Waals surface area (Å²) in [5, 5.41) is 0. The van der Waals surface area contributed by atoms with Crippen molar-refractivity contribution in [3.63, 3.8) is 0 Å². The third-order valence-electron chi connectivity index (χ3n) is 4.32. The molecule has 0 bridgehead atoms. The van der Waals surface area contributed by atoms with Crippen molar-refractivity contribution in [3.05, 3.63) is 0 Å². The Bertz CT molecular complexity index is 365. The van der Waals surface area contributed by atoms with Crippen LogP contribution in [0.15, 0.2) is 0 Å². The summed E-state index contributed by atoms with van der Waals surface area (Å²) in [5.74, 6) is -0.710. The van der Waals surface area contributed by atoms with Crippen LogP contribution in [-0.4, -0.2) is 59.0 Å². The maximum absolute atomic E-state index is 12.5. The van der Waals surface area contributed by atoms with Crippen LogP contribution in [0.25, 0.3) is 0 Å². The van der Waals surface area contributed by atoms with Crippen LogP contribution in [0, 0.1) is 0 Å². The summed E-state index contributed by atoms with van der Waals surface area (Å²) in [5.41, 5.74) is 0. The summed E-state index contributed by atoms with van der Waals surface area (Å²) in [6.07, 6.45) is 3.09. The van der Waals surface area contributed by atoms with Gasteiger partial charge in [-0.3, -0.25) is 9.59 Å². The first-order chi connectivity index (χ1) is 9.40. The molecule has 0 aromatic carbocycles. The minimum atomic E-state index is -0.368. The van der Waals surface area contributed by atoms with E-state index in [1.165, 1.54) is 0 Å². The Balaban J connectivity index is 2.05. The normalized spacial score (nSPS) is 35.0. The summed E-state index contributed by atoms with van der Waals surface area (Å²) in [6, 6.07) is 0.317. The molecule has 5 nitrogen and oxygen atoms in total. The Labute approximate surface area is 121 Å². The number of hydrogen-bond donors (Lipinski definition) is 0. The van der Waals surface area contributed by atoms with Crippen molar-refractivity contribution in [1.29, 1.82) is 0 Å². The molecular formula is C15H26N2O3. The van der Waals surface area contributed by atoms with Crippen molar-refractivity contribution >= 4 is 11.8 Å². The standard InChI is InChI=1S/C15H26N2O3/c1-10-6-5-7-11(2)17(10)15(19)14(18)16-8-12(3)20-13(4)9-16/h10-13H,5-9H2,1-4H3. The van der Waals surface area contributed by atoms with Crippen LogP contribution in [0.2, 0.25) is 0 Å². The van der Waals surface area contributed by atoms with Crippen LogP contribution < -0.4 is 0 Å². The van der Waals surface area contributed by atoms with E-state index in [4.69, 9.17) is 4.74 Å². The molecule has 2 fully saturated rings. The highest BCUT2D eigenvalue weighted by molar-refractivity contribution is 6.35. The van der Waals surface area contributed by atoms with Crippen LogP contribution in [-0.2, 0) is 14.3 Å². The smallest absolute Gasteiger partial charge is 0.312 e. The van der Waals surface area contributed by atoms with Gasteiger partial charge in [-0.15, -0.1) is 0 Å². The number of nitrogens with zero attached hydrogens (tertiary/aromatic N) is 2. The zero-order valence-electron chi connectivity index (χ0n) is 13.0. The number of hydrogen-bond acceptors (Lipinski definition) is 3. The van der Waals surface area contributed by atoms with Crippen LogP contribution in [0.5, 0.6) is 0 Å². The number of rotatable bonds is 0. The van der Waals surface area contributed by atoms with Gasteiger partial charge in [-0.05, 0) is 47.0 Å². The third kappa shape index (κ3) is 3.14. The number of likely N-dealkylation sites (tertiary alicyclic amines) is 1. The first kappa shape index (κ1) is 15.3. The lowest BCUT2D eigenvalue weighted by Gasteiger charge is -2.41. The van der Waals surface area contributed by atoms with E-state index in [2.05, 4.69) is 0 Å². The van der Waals surface area contributed by atoms with Gasteiger partial charge in [0.05, 0.1) is 12.2 Å². The fraction of sp³-hybridized carbons (Fsp3) is 0.867. The van der Waals surface area contributed by atoms with Crippen LogP contribution in [0.1, 0.15) is 47.0 Å². The molecule has 20 heavy (non-hydrogen) atoms. The van der Waals surface area contributed by atoms with Crippen molar-refractivity contribution in [2.45, 2.75) is 71.2 Å². The van der Waals surface area contributed by atoms with E-state index in [1.54, 1.807) is 9.80 Å². The van der Waals surface area contributed by atoms with Gasteiger partial charge in [-0.1, -0.05) is 0 Å². The fourth-order valence-electron chi connectivity index (χ4n) is 3.41. The largest absolute Gasteiger partial charge is 0.372 e. The second kappa shape index (κ2) is 6.12. The zero-order valence-corrected chi connectivity index (χ0v) is 13.0. The lowest BCUT2D eigenvalue weighted by Crippen LogP contribution is -2.57. The Morgan fingerprint density at radius 3 is 1.90 bits per heavy atom. The molecule has 114 valence electrons. The second-order valence-electron chi connectivity index (χ2n) is 6.31. The first-order valence-corrected chi connectivity index (χ1v) is 7.67. The van der Waals surface area contributed by atoms with E-state index in [1.807, 2.05) is 27.7 Å². The lowest BCUT2D eigenvalue weighted by molar-refractivity contribution is -0.161. The fourth-order valence-corrected chi connectivity index (χ4v) is 3.41. The zero-order chi connectivity index (χ0) is 14.9. The molecule has 0 spiro atoms. The summed E-state index contributed by atoms with van der Waals surface area (Å²) in [4.78, 5) is 28.4. The molecule has 2 aliphatic rings. The minimum absolute atomic E-state index is 0.00768. The third-order valence-corrected chi connectivity index (χ3v) is 4.32. The molecule has 2 amide bonds. The highest BCUT2D eigenvalue weighted by Crippen LogP contribution is 2.23. The molecule has 0 saturated carbocycles. The van der Waals surface area contributed by atoms with Crippen LogP contribution >= 0.6 is 0 Å². The molecule has 0 aliphatic carbocycles. The highest BCUT2D eigenvalue weighted by Gasteiger charge is 2.37. The molecule has 2 saturated heterocycles. The van der Waals surface area contributed by atoms with E-state index < -0.39 is 0 Å². The predicted octanol–water partition coefficient (Wildman–Crippen LogP) is 1.41. The Kier molecular flexibility index (Phi) is 4.68. The molecule has 0 radical (unpaired) electrons. The molecular weight excluding hydrogens is 256 g/mol. The van der Waals surface area contributed by atoms with Gasteiger partial charge in [0.2, 0.25) is 0 Å². The van der Waals surface area contributed by atoms with Crippen molar-refractivity contribution in [3.8, 4) is 0 Å². The first-order valence-electron chi connectivity index (χ1n) is 7.67. The maximum atomic E-state index is 12.5. The van der Waals surface area contributed by atoms with Crippen molar-refractivity contribution in [1.82, 2.24) is 9.80 Å². The molecule has 5 heteroatoms. The van der Waals surface area contributed by atoms with E-state index in [0.29, 0.717) is 13.1 Å². The summed E-state index contributed by atoms with van der Waals surface area (Å²) >= 11 is 0. The van der Waals surface area contributed by atoms with Gasteiger partial charge < -0.3 is 14.5 Å². The highest BCUT2D eigenvalue weighted by atomic mass is 16.5. The second-order valence-corrected chi connectivity index (χ2v) is 6.31. The molecule has 4 unspecified atom stereocenters. The molecule has 2 aliphatic heterocycles. The number of amides is 2. The summed E-state index contributed by atoms with van der Waals surface area (Å²) in [6.45, 7) is 8.95. The van der Waals surface area contributed by atoms with Gasteiger partial charge in [0.25, 0.3) is 0 Å². The van der Waals surface area contributed by atoms with Crippen molar-refractivity contribution < 1.29 is 14.3 Å². The Hall–Kier alpha value is -1.10. The molecule has 0 N–H and O–H groups in total. The van der Waals surface area contributed by atoms with Crippen LogP contribution in [0.3, 0.4) is 0 Å². The van der Waals surface area contributed by atoms with Gasteiger partial charge in [0, 0.05) is 25.2 Å².